The lowest BCUT2D eigenvalue weighted by molar-refractivity contribution is -0.274. The molecule has 212 valence electrons. The number of amides is 1. The van der Waals surface area contributed by atoms with Crippen molar-refractivity contribution in [3.05, 3.63) is 89.5 Å². The van der Waals surface area contributed by atoms with Gasteiger partial charge in [0.15, 0.2) is 0 Å². The molecule has 0 unspecified atom stereocenters. The molecule has 7 nitrogen and oxygen atoms in total. The monoisotopic (exact) mass is 577 g/mol. The van der Waals surface area contributed by atoms with Gasteiger partial charge in [-0.2, -0.15) is 5.10 Å². The molecule has 1 aliphatic heterocycles. The molecule has 3 heterocycles. The van der Waals surface area contributed by atoms with E-state index in [0.29, 0.717) is 47.7 Å². The van der Waals surface area contributed by atoms with E-state index >= 15 is 4.39 Å². The molecule has 4 aromatic rings. The Hall–Kier alpha value is -3.99. The van der Waals surface area contributed by atoms with Gasteiger partial charge in [-0.05, 0) is 67.9 Å². The fourth-order valence-corrected chi connectivity index (χ4v) is 4.98. The third-order valence-corrected chi connectivity index (χ3v) is 6.78. The molecule has 2 aromatic carbocycles. The maximum atomic E-state index is 15.1. The van der Waals surface area contributed by atoms with Crippen molar-refractivity contribution in [3.8, 4) is 5.75 Å². The van der Waals surface area contributed by atoms with Gasteiger partial charge in [0.05, 0.1) is 22.5 Å². The fourth-order valence-electron chi connectivity index (χ4n) is 4.98. The van der Waals surface area contributed by atoms with Crippen LogP contribution >= 0.6 is 12.4 Å². The number of hydrogen-bond acceptors (Lipinski definition) is 5. The van der Waals surface area contributed by atoms with Gasteiger partial charge in [0.25, 0.3) is 5.91 Å². The topological polar surface area (TPSA) is 62.1 Å². The van der Waals surface area contributed by atoms with Crippen LogP contribution in [0.5, 0.6) is 5.75 Å². The summed E-state index contributed by atoms with van der Waals surface area (Å²) in [6.07, 6.45) is -2.96. The largest absolute Gasteiger partial charge is 0.573 e. The van der Waals surface area contributed by atoms with Gasteiger partial charge in [-0.3, -0.25) is 4.79 Å². The van der Waals surface area contributed by atoms with Crippen LogP contribution in [-0.2, 0) is 6.54 Å². The summed E-state index contributed by atoms with van der Waals surface area (Å²) < 4.78 is 58.0. The highest BCUT2D eigenvalue weighted by atomic mass is 35.5. The number of carbonyl (C=O) groups is 1. The minimum atomic E-state index is -4.74. The van der Waals surface area contributed by atoms with Crippen LogP contribution in [0.2, 0.25) is 0 Å². The molecule has 5 rings (SSSR count). The number of aromatic nitrogens is 2. The molecule has 12 heteroatoms. The molecule has 0 radical (unpaired) electrons. The maximum Gasteiger partial charge on any atom is 0.573 e. The van der Waals surface area contributed by atoms with E-state index in [1.54, 1.807) is 41.9 Å². The van der Waals surface area contributed by atoms with Crippen molar-refractivity contribution in [2.45, 2.75) is 32.8 Å². The Morgan fingerprint density at radius 3 is 2.52 bits per heavy atom. The molecule has 0 spiro atoms. The zero-order chi connectivity index (χ0) is 27.7. The van der Waals surface area contributed by atoms with Gasteiger partial charge in [0, 0.05) is 44.1 Å². The van der Waals surface area contributed by atoms with Crippen molar-refractivity contribution in [1.29, 1.82) is 0 Å². The second-order valence-corrected chi connectivity index (χ2v) is 9.49. The van der Waals surface area contributed by atoms with Crippen molar-refractivity contribution in [2.24, 2.45) is 0 Å². The number of nitrogens with zero attached hydrogens (tertiary/aromatic N) is 4. The molecule has 1 atom stereocenters. The number of pyridine rings is 1. The molecule has 0 aliphatic carbocycles. The number of fused-ring (bicyclic) bond motifs is 1. The van der Waals surface area contributed by atoms with Crippen LogP contribution < -0.4 is 19.9 Å². The van der Waals surface area contributed by atoms with Crippen LogP contribution in [0.4, 0.5) is 28.9 Å². The average Bonchev–Trinajstić information content (AvgIpc) is 3.23. The first-order chi connectivity index (χ1) is 18.6. The SMILES string of the molecule is Cc1nn2ccccc2c1C(=O)NCc1ccc(N2CCN(c3ccc(OC(F)(F)F)cc3)[C@@H](C)C2)c(F)c1.Cl. The van der Waals surface area contributed by atoms with E-state index in [1.165, 1.54) is 18.2 Å². The summed E-state index contributed by atoms with van der Waals surface area (Å²) in [6, 6.07) is 16.2. The van der Waals surface area contributed by atoms with Gasteiger partial charge >= 0.3 is 6.36 Å². The minimum Gasteiger partial charge on any atom is -0.406 e. The number of hydrogen-bond donors (Lipinski definition) is 1. The summed E-state index contributed by atoms with van der Waals surface area (Å²) in [5.74, 6) is -0.936. The molecule has 1 saturated heterocycles. The van der Waals surface area contributed by atoms with E-state index in [2.05, 4.69) is 20.1 Å². The molecule has 0 bridgehead atoms. The van der Waals surface area contributed by atoms with E-state index in [1.807, 2.05) is 30.0 Å². The summed E-state index contributed by atoms with van der Waals surface area (Å²) >= 11 is 0. The minimum absolute atomic E-state index is 0. The standard InChI is InChI=1S/C28H27F4N5O2.ClH/c1-18-17-35(13-14-36(18)21-7-9-22(10-8-21)39-28(30,31)32)24-11-6-20(15-23(24)29)16-33-27(38)26-19(2)34-37-12-4-3-5-25(26)37;/h3-12,15,18H,13-14,16-17H2,1-2H3,(H,33,38);1H/t18-;/m0./s1. The van der Waals surface area contributed by atoms with Crippen LogP contribution in [0, 0.1) is 12.7 Å². The number of piperazine rings is 1. The molecular formula is C28H28ClF4N5O2. The van der Waals surface area contributed by atoms with Crippen LogP contribution in [0.15, 0.2) is 66.9 Å². The summed E-state index contributed by atoms with van der Waals surface area (Å²) in [6.45, 7) is 5.55. The smallest absolute Gasteiger partial charge is 0.406 e. The quantitative estimate of drug-likeness (QED) is 0.296. The Bertz CT molecular complexity index is 1490. The van der Waals surface area contributed by atoms with Gasteiger partial charge in [0.1, 0.15) is 11.6 Å². The second-order valence-electron chi connectivity index (χ2n) is 9.49. The lowest BCUT2D eigenvalue weighted by Crippen LogP contribution is -2.52. The van der Waals surface area contributed by atoms with E-state index < -0.39 is 6.36 Å². The van der Waals surface area contributed by atoms with E-state index in [-0.39, 0.29) is 42.5 Å². The van der Waals surface area contributed by atoms with Gasteiger partial charge in [-0.15, -0.1) is 25.6 Å². The third kappa shape index (κ3) is 6.25. The Morgan fingerprint density at radius 1 is 1.10 bits per heavy atom. The summed E-state index contributed by atoms with van der Waals surface area (Å²) in [7, 11) is 0. The Morgan fingerprint density at radius 2 is 1.85 bits per heavy atom. The lowest BCUT2D eigenvalue weighted by Gasteiger charge is -2.42. The van der Waals surface area contributed by atoms with Crippen molar-refractivity contribution in [3.63, 3.8) is 0 Å². The van der Waals surface area contributed by atoms with Crippen molar-refractivity contribution in [1.82, 2.24) is 14.9 Å². The number of alkyl halides is 3. The molecule has 40 heavy (non-hydrogen) atoms. The van der Waals surface area contributed by atoms with Gasteiger partial charge in [0.2, 0.25) is 0 Å². The van der Waals surface area contributed by atoms with Crippen molar-refractivity contribution < 1.29 is 27.1 Å². The number of carbonyl (C=O) groups excluding carboxylic acids is 1. The molecule has 2 aromatic heterocycles. The molecule has 1 N–H and O–H groups in total. The van der Waals surface area contributed by atoms with E-state index in [4.69, 9.17) is 0 Å². The van der Waals surface area contributed by atoms with Crippen molar-refractivity contribution >= 4 is 35.2 Å². The second kappa shape index (κ2) is 11.6. The van der Waals surface area contributed by atoms with E-state index in [9.17, 15) is 18.0 Å². The third-order valence-electron chi connectivity index (χ3n) is 6.78. The van der Waals surface area contributed by atoms with Gasteiger partial charge in [-0.1, -0.05) is 12.1 Å². The Balaban J connectivity index is 0.00000370. The number of rotatable bonds is 6. The molecule has 1 aliphatic rings. The highest BCUT2D eigenvalue weighted by Crippen LogP contribution is 2.29. The normalized spacial score (nSPS) is 15.6. The van der Waals surface area contributed by atoms with Crippen LogP contribution in [-0.4, -0.2) is 47.6 Å². The van der Waals surface area contributed by atoms with Gasteiger partial charge < -0.3 is 19.9 Å². The predicted molar refractivity (Wildman–Crippen MR) is 147 cm³/mol. The predicted octanol–water partition coefficient (Wildman–Crippen LogP) is 5.75. The highest BCUT2D eigenvalue weighted by molar-refractivity contribution is 6.01. The first-order valence-electron chi connectivity index (χ1n) is 12.5. The number of benzene rings is 2. The number of halogens is 5. The lowest BCUT2D eigenvalue weighted by atomic mass is 10.1. The molecular weight excluding hydrogens is 550 g/mol. The van der Waals surface area contributed by atoms with Crippen LogP contribution in [0.25, 0.3) is 5.52 Å². The molecule has 1 fully saturated rings. The first-order valence-corrected chi connectivity index (χ1v) is 12.5. The Kier molecular flexibility index (Phi) is 8.43. The summed E-state index contributed by atoms with van der Waals surface area (Å²) in [5.41, 5.74) is 3.66. The number of aryl methyl sites for hydroxylation is 1. The maximum absolute atomic E-state index is 15.1. The molecule has 1 amide bonds. The number of nitrogens with one attached hydrogen (secondary N) is 1. The van der Waals surface area contributed by atoms with E-state index in [0.717, 1.165) is 5.69 Å². The zero-order valence-corrected chi connectivity index (χ0v) is 22.6. The first kappa shape index (κ1) is 29.0. The van der Waals surface area contributed by atoms with Gasteiger partial charge in [-0.25, -0.2) is 8.91 Å². The number of anilines is 2. The highest BCUT2D eigenvalue weighted by Gasteiger charge is 2.31. The fraction of sp³-hybridized carbons (Fsp3) is 0.286. The zero-order valence-electron chi connectivity index (χ0n) is 21.8. The Labute approximate surface area is 234 Å². The average molecular weight is 578 g/mol. The van der Waals surface area contributed by atoms with Crippen molar-refractivity contribution in [2.75, 3.05) is 29.4 Å². The summed E-state index contributed by atoms with van der Waals surface area (Å²) in [5, 5.41) is 7.21. The van der Waals surface area contributed by atoms with Crippen LogP contribution in [0.3, 0.4) is 0 Å². The number of ether oxygens (including phenoxy) is 1. The summed E-state index contributed by atoms with van der Waals surface area (Å²) in [4.78, 5) is 16.9. The molecule has 0 saturated carbocycles. The van der Waals surface area contributed by atoms with Crippen LogP contribution in [0.1, 0.15) is 28.5 Å².